The number of Topliss-reactive ketones (excluding diaryl/α,β-unsaturated/α-hetero) is 1. The number of aromatic nitrogens is 2. The minimum absolute atomic E-state index is 0.0250. The summed E-state index contributed by atoms with van der Waals surface area (Å²) >= 11 is 0. The summed E-state index contributed by atoms with van der Waals surface area (Å²) in [7, 11) is 3.65. The molecule has 0 aliphatic carbocycles. The van der Waals surface area contributed by atoms with Crippen LogP contribution >= 0.6 is 0 Å². The van der Waals surface area contributed by atoms with Gasteiger partial charge in [0.1, 0.15) is 38.2 Å². The second kappa shape index (κ2) is 10.0. The Morgan fingerprint density at radius 2 is 2.07 bits per heavy atom. The molecule has 1 aliphatic rings. The van der Waals surface area contributed by atoms with E-state index in [0.717, 1.165) is 25.2 Å². The molecule has 0 amide bonds. The lowest BCUT2D eigenvalue weighted by Gasteiger charge is -2.19. The van der Waals surface area contributed by atoms with Crippen LogP contribution in [0.1, 0.15) is 37.9 Å². The summed E-state index contributed by atoms with van der Waals surface area (Å²) in [4.78, 5) is 23.9. The van der Waals surface area contributed by atoms with Crippen LogP contribution in [0.2, 0.25) is 0 Å². The molecule has 150 valence electrons. The highest BCUT2D eigenvalue weighted by atomic mass is 16.6. The van der Waals surface area contributed by atoms with Crippen molar-refractivity contribution in [3.8, 4) is 0 Å². The van der Waals surface area contributed by atoms with Gasteiger partial charge in [-0.3, -0.25) is 9.59 Å². The smallest absolute Gasteiger partial charge is 0.306 e. The first-order valence-corrected chi connectivity index (χ1v) is 9.50. The molecule has 8 nitrogen and oxygen atoms in total. The molecule has 2 heterocycles. The number of carbonyl (C=O) groups excluding carboxylic acids is 2. The van der Waals surface area contributed by atoms with Gasteiger partial charge in [0.25, 0.3) is 5.82 Å². The van der Waals surface area contributed by atoms with E-state index in [0.29, 0.717) is 6.42 Å². The van der Waals surface area contributed by atoms with Crippen LogP contribution in [-0.4, -0.2) is 65.3 Å². The normalized spacial score (nSPS) is 24.9. The number of hydrogen-bond acceptors (Lipinski definition) is 6. The Bertz CT molecular complexity index is 650. The highest BCUT2D eigenvalue weighted by molar-refractivity contribution is 6.11. The van der Waals surface area contributed by atoms with Crippen molar-refractivity contribution in [3.05, 3.63) is 18.2 Å². The van der Waals surface area contributed by atoms with Gasteiger partial charge in [0.05, 0.1) is 32.6 Å². The third-order valence-corrected chi connectivity index (χ3v) is 5.13. The molecule has 1 fully saturated rings. The fraction of sp³-hybridized carbons (Fsp3) is 0.722. The van der Waals surface area contributed by atoms with Gasteiger partial charge < -0.3 is 19.7 Å². The number of aliphatic hydroxyl groups excluding tert-OH is 2. The number of aliphatic hydroxyl groups is 2. The minimum atomic E-state index is -0.972. The maximum Gasteiger partial charge on any atom is 0.306 e. The van der Waals surface area contributed by atoms with Gasteiger partial charge in [0.2, 0.25) is 0 Å². The standard InChI is InChI=1S/C18H30BN2O6/c1-12-20(2)9-10-21(12)8-4-3-5-13(23)6-7-15(24)27-17-14(11-22)26-18(19)16(17)25/h9-10,14,16-18,22,25H,3-8,11,19H2,1-2H3/q+1/t14-,16+,17?,18-/m1/s1. The summed E-state index contributed by atoms with van der Waals surface area (Å²) in [5.41, 5.74) is 0. The Kier molecular flexibility index (Phi) is 8.00. The summed E-state index contributed by atoms with van der Waals surface area (Å²) in [6.07, 6.45) is 3.64. The van der Waals surface area contributed by atoms with Gasteiger partial charge >= 0.3 is 5.97 Å². The molecule has 0 saturated carbocycles. The van der Waals surface area contributed by atoms with Crippen molar-refractivity contribution in [2.24, 2.45) is 7.05 Å². The average molecular weight is 381 g/mol. The maximum atomic E-state index is 12.0. The summed E-state index contributed by atoms with van der Waals surface area (Å²) in [6.45, 7) is 2.57. The van der Waals surface area contributed by atoms with Gasteiger partial charge in [-0.2, -0.15) is 0 Å². The van der Waals surface area contributed by atoms with E-state index in [1.165, 1.54) is 0 Å². The minimum Gasteiger partial charge on any atom is -0.457 e. The maximum absolute atomic E-state index is 12.0. The molecule has 9 heteroatoms. The van der Waals surface area contributed by atoms with Gasteiger partial charge in [-0.1, -0.05) is 0 Å². The summed E-state index contributed by atoms with van der Waals surface area (Å²) in [5.74, 6) is 0.633. The molecule has 27 heavy (non-hydrogen) atoms. The van der Waals surface area contributed by atoms with Crippen molar-refractivity contribution in [1.82, 2.24) is 4.57 Å². The predicted octanol–water partition coefficient (Wildman–Crippen LogP) is -1.24. The van der Waals surface area contributed by atoms with Crippen molar-refractivity contribution >= 4 is 19.6 Å². The molecule has 2 rings (SSSR count). The largest absolute Gasteiger partial charge is 0.457 e. The van der Waals surface area contributed by atoms with E-state index < -0.39 is 30.3 Å². The number of aryl methyl sites for hydroxylation is 2. The molecule has 1 aromatic heterocycles. The molecule has 0 bridgehead atoms. The van der Waals surface area contributed by atoms with Crippen LogP contribution < -0.4 is 4.57 Å². The van der Waals surface area contributed by atoms with Crippen LogP contribution in [0.4, 0.5) is 0 Å². The number of unbranched alkanes of at least 4 members (excludes halogenated alkanes) is 1. The van der Waals surface area contributed by atoms with Crippen LogP contribution in [0.25, 0.3) is 0 Å². The monoisotopic (exact) mass is 381 g/mol. The van der Waals surface area contributed by atoms with Crippen LogP contribution in [0.15, 0.2) is 12.4 Å². The fourth-order valence-corrected chi connectivity index (χ4v) is 3.23. The van der Waals surface area contributed by atoms with E-state index in [1.54, 1.807) is 7.85 Å². The number of esters is 1. The van der Waals surface area contributed by atoms with E-state index in [4.69, 9.17) is 9.47 Å². The van der Waals surface area contributed by atoms with Gasteiger partial charge in [0, 0.05) is 19.8 Å². The summed E-state index contributed by atoms with van der Waals surface area (Å²) in [6, 6.07) is -0.507. The highest BCUT2D eigenvalue weighted by Crippen LogP contribution is 2.22. The first-order valence-electron chi connectivity index (χ1n) is 9.50. The van der Waals surface area contributed by atoms with Crippen molar-refractivity contribution in [2.45, 2.75) is 69.9 Å². The zero-order chi connectivity index (χ0) is 20.0. The Morgan fingerprint density at radius 3 is 2.70 bits per heavy atom. The molecular weight excluding hydrogens is 351 g/mol. The molecule has 4 atom stereocenters. The molecule has 1 aliphatic heterocycles. The lowest BCUT2D eigenvalue weighted by Crippen LogP contribution is -2.38. The number of nitrogens with zero attached hydrogens (tertiary/aromatic N) is 2. The first-order chi connectivity index (χ1) is 12.8. The van der Waals surface area contributed by atoms with Gasteiger partial charge in [-0.05, 0) is 12.8 Å². The summed E-state index contributed by atoms with van der Waals surface area (Å²) < 4.78 is 14.7. The van der Waals surface area contributed by atoms with Crippen LogP contribution in [0.3, 0.4) is 0 Å². The van der Waals surface area contributed by atoms with Crippen LogP contribution in [0, 0.1) is 6.92 Å². The Labute approximate surface area is 160 Å². The molecular formula is C18H30BN2O6+. The molecule has 1 aromatic rings. The topological polar surface area (TPSA) is 102 Å². The number of imidazole rings is 1. The zero-order valence-electron chi connectivity index (χ0n) is 16.3. The van der Waals surface area contributed by atoms with Gasteiger partial charge in [-0.25, -0.2) is 9.13 Å². The average Bonchev–Trinajstić information content (AvgIpc) is 3.10. The van der Waals surface area contributed by atoms with Crippen molar-refractivity contribution in [3.63, 3.8) is 0 Å². The Hall–Kier alpha value is -1.71. The van der Waals surface area contributed by atoms with E-state index in [-0.39, 0.29) is 25.2 Å². The van der Waals surface area contributed by atoms with Gasteiger partial charge in [0.15, 0.2) is 6.10 Å². The molecule has 2 N–H and O–H groups in total. The van der Waals surface area contributed by atoms with Crippen molar-refractivity contribution < 1.29 is 33.8 Å². The number of hydrogen-bond donors (Lipinski definition) is 2. The predicted molar refractivity (Wildman–Crippen MR) is 98.6 cm³/mol. The zero-order valence-corrected chi connectivity index (χ0v) is 16.3. The lowest BCUT2D eigenvalue weighted by atomic mass is 9.93. The third kappa shape index (κ3) is 5.89. The number of carbonyl (C=O) groups is 2. The third-order valence-electron chi connectivity index (χ3n) is 5.13. The summed E-state index contributed by atoms with van der Waals surface area (Å²) in [5, 5.41) is 19.2. The second-order valence-corrected chi connectivity index (χ2v) is 7.15. The van der Waals surface area contributed by atoms with Crippen molar-refractivity contribution in [2.75, 3.05) is 6.61 Å². The number of ether oxygens (including phenoxy) is 2. The molecule has 0 radical (unpaired) electrons. The molecule has 0 aromatic carbocycles. The van der Waals surface area contributed by atoms with E-state index in [2.05, 4.69) is 4.57 Å². The molecule has 0 spiro atoms. The fourth-order valence-electron chi connectivity index (χ4n) is 3.23. The molecule has 1 unspecified atom stereocenters. The second-order valence-electron chi connectivity index (χ2n) is 7.15. The molecule has 1 saturated heterocycles. The SMILES string of the molecule is B[C@@H]1O[C@H](CO)C(OC(=O)CCC(=O)CCCC[n+]2ccn(C)c2C)[C@@H]1O. The number of ketones is 1. The Morgan fingerprint density at radius 1 is 1.33 bits per heavy atom. The van der Waals surface area contributed by atoms with E-state index >= 15 is 0 Å². The van der Waals surface area contributed by atoms with E-state index in [9.17, 15) is 19.8 Å². The van der Waals surface area contributed by atoms with E-state index in [1.807, 2.05) is 30.9 Å². The van der Waals surface area contributed by atoms with Crippen LogP contribution in [-0.2, 0) is 32.7 Å². The van der Waals surface area contributed by atoms with Gasteiger partial charge in [-0.15, -0.1) is 0 Å². The first kappa shape index (κ1) is 21.6. The number of rotatable bonds is 10. The lowest BCUT2D eigenvalue weighted by molar-refractivity contribution is -0.702. The van der Waals surface area contributed by atoms with Crippen molar-refractivity contribution in [1.29, 1.82) is 0 Å². The highest BCUT2D eigenvalue weighted by Gasteiger charge is 2.43. The quantitative estimate of drug-likeness (QED) is 0.228. The Balaban J connectivity index is 1.63. The van der Waals surface area contributed by atoms with Crippen LogP contribution in [0.5, 0.6) is 0 Å².